The molecule has 3 N–H and O–H groups in total. The van der Waals surface area contributed by atoms with Crippen LogP contribution in [0.2, 0.25) is 0 Å². The Hall–Kier alpha value is -3.48. The minimum atomic E-state index is -0.797. The van der Waals surface area contributed by atoms with E-state index in [0.29, 0.717) is 25.2 Å². The van der Waals surface area contributed by atoms with Gasteiger partial charge in [-0.05, 0) is 24.0 Å². The topological polar surface area (TPSA) is 105 Å². The summed E-state index contributed by atoms with van der Waals surface area (Å²) in [5.41, 5.74) is 9.90. The van der Waals surface area contributed by atoms with Crippen molar-refractivity contribution in [2.75, 3.05) is 0 Å². The fraction of sp³-hybridized carbons (Fsp3) is 0.407. The summed E-state index contributed by atoms with van der Waals surface area (Å²) in [7, 11) is 0. The highest BCUT2D eigenvalue weighted by Crippen LogP contribution is 2.14. The van der Waals surface area contributed by atoms with Crippen LogP contribution in [-0.2, 0) is 22.7 Å². The molecule has 2 aromatic rings. The Bertz CT molecular complexity index is 888. The Kier molecular flexibility index (Phi) is 12.1. The van der Waals surface area contributed by atoms with Gasteiger partial charge in [0.05, 0.1) is 0 Å². The number of rotatable bonds is 15. The standard InChI is InChI=1S/C27H36N4O3/c1-2-3-4-11-16-25(32)19-24(29-30-27(28)34)17-18-26(33)31(20-22-12-7-5-8-13-22)21-23-14-9-6-10-15-23/h5-10,12-15H,2-4,11,16-21H2,1H3,(H3,28,30,34)/b29-24-. The molecule has 0 aliphatic rings. The van der Waals surface area contributed by atoms with Crippen molar-refractivity contribution in [3.8, 4) is 0 Å². The van der Waals surface area contributed by atoms with Crippen molar-refractivity contribution in [1.82, 2.24) is 10.3 Å². The van der Waals surface area contributed by atoms with E-state index in [4.69, 9.17) is 5.73 Å². The lowest BCUT2D eigenvalue weighted by Crippen LogP contribution is -2.31. The van der Waals surface area contributed by atoms with E-state index in [1.165, 1.54) is 0 Å². The van der Waals surface area contributed by atoms with Crippen molar-refractivity contribution in [2.45, 2.75) is 71.4 Å². The molecule has 0 spiro atoms. The van der Waals surface area contributed by atoms with E-state index >= 15 is 0 Å². The summed E-state index contributed by atoms with van der Waals surface area (Å²) < 4.78 is 0. The first kappa shape index (κ1) is 26.8. The summed E-state index contributed by atoms with van der Waals surface area (Å²) in [4.78, 5) is 38.5. The lowest BCUT2D eigenvalue weighted by atomic mass is 10.0. The molecule has 0 heterocycles. The van der Waals surface area contributed by atoms with Gasteiger partial charge >= 0.3 is 6.03 Å². The Morgan fingerprint density at radius 2 is 1.41 bits per heavy atom. The third-order valence-corrected chi connectivity index (χ3v) is 5.45. The number of primary amides is 1. The molecule has 7 nitrogen and oxygen atoms in total. The summed E-state index contributed by atoms with van der Waals surface area (Å²) in [6.45, 7) is 3.09. The van der Waals surface area contributed by atoms with E-state index in [-0.39, 0.29) is 31.0 Å². The minimum Gasteiger partial charge on any atom is -0.350 e. The van der Waals surface area contributed by atoms with E-state index in [2.05, 4.69) is 17.5 Å². The molecule has 0 aliphatic heterocycles. The zero-order chi connectivity index (χ0) is 24.6. The summed E-state index contributed by atoms with van der Waals surface area (Å²) >= 11 is 0. The molecule has 0 saturated heterocycles. The number of carbonyl (C=O) groups is 3. The molecule has 0 fully saturated rings. The highest BCUT2D eigenvalue weighted by atomic mass is 16.2. The fourth-order valence-electron chi connectivity index (χ4n) is 3.63. The van der Waals surface area contributed by atoms with Crippen LogP contribution in [0, 0.1) is 0 Å². The molecule has 0 atom stereocenters. The zero-order valence-corrected chi connectivity index (χ0v) is 20.0. The van der Waals surface area contributed by atoms with Crippen molar-refractivity contribution in [2.24, 2.45) is 10.8 Å². The highest BCUT2D eigenvalue weighted by molar-refractivity contribution is 6.03. The van der Waals surface area contributed by atoms with E-state index in [0.717, 1.165) is 36.8 Å². The SMILES string of the molecule is CCCCCCC(=O)C/C(CCC(=O)N(Cc1ccccc1)Cc1ccccc1)=N\NC(N)=O. The monoisotopic (exact) mass is 464 g/mol. The smallest absolute Gasteiger partial charge is 0.332 e. The number of nitrogens with one attached hydrogen (secondary N) is 1. The van der Waals surface area contributed by atoms with Crippen LogP contribution in [0.3, 0.4) is 0 Å². The third-order valence-electron chi connectivity index (χ3n) is 5.45. The first-order valence-corrected chi connectivity index (χ1v) is 12.0. The fourth-order valence-corrected chi connectivity index (χ4v) is 3.63. The molecule has 0 bridgehead atoms. The number of carbonyl (C=O) groups excluding carboxylic acids is 3. The molecular formula is C27H36N4O3. The molecule has 7 heteroatoms. The van der Waals surface area contributed by atoms with Gasteiger partial charge < -0.3 is 10.6 Å². The molecule has 3 amide bonds. The van der Waals surface area contributed by atoms with Crippen LogP contribution in [0.5, 0.6) is 0 Å². The van der Waals surface area contributed by atoms with E-state index in [1.54, 1.807) is 4.90 Å². The molecule has 0 aromatic heterocycles. The molecule has 0 unspecified atom stereocenters. The van der Waals surface area contributed by atoms with Crippen LogP contribution in [0.4, 0.5) is 4.79 Å². The lowest BCUT2D eigenvalue weighted by molar-refractivity contribution is -0.132. The van der Waals surface area contributed by atoms with Gasteiger partial charge in [0.2, 0.25) is 5.91 Å². The zero-order valence-electron chi connectivity index (χ0n) is 20.0. The van der Waals surface area contributed by atoms with Gasteiger partial charge in [-0.3, -0.25) is 9.59 Å². The second-order valence-electron chi connectivity index (χ2n) is 8.40. The maximum atomic E-state index is 13.2. The van der Waals surface area contributed by atoms with Gasteiger partial charge in [0, 0.05) is 38.1 Å². The average molecular weight is 465 g/mol. The van der Waals surface area contributed by atoms with Crippen molar-refractivity contribution in [3.05, 3.63) is 71.8 Å². The maximum Gasteiger partial charge on any atom is 0.332 e. The summed E-state index contributed by atoms with van der Waals surface area (Å²) in [5, 5.41) is 4.01. The first-order valence-electron chi connectivity index (χ1n) is 12.0. The van der Waals surface area contributed by atoms with Gasteiger partial charge in [0.15, 0.2) is 0 Å². The maximum absolute atomic E-state index is 13.2. The number of nitrogens with two attached hydrogens (primary N) is 1. The van der Waals surface area contributed by atoms with Crippen LogP contribution in [0.25, 0.3) is 0 Å². The third kappa shape index (κ3) is 10.9. The summed E-state index contributed by atoms with van der Waals surface area (Å²) in [6, 6.07) is 18.9. The first-order chi connectivity index (χ1) is 16.5. The number of hydrazone groups is 1. The highest BCUT2D eigenvalue weighted by Gasteiger charge is 2.17. The number of unbranched alkanes of at least 4 members (excludes halogenated alkanes) is 3. The van der Waals surface area contributed by atoms with Gasteiger partial charge in [0.1, 0.15) is 5.78 Å². The van der Waals surface area contributed by atoms with Gasteiger partial charge in [0.25, 0.3) is 0 Å². The number of benzene rings is 2. The number of ketones is 1. The predicted octanol–water partition coefficient (Wildman–Crippen LogP) is 4.95. The molecule has 34 heavy (non-hydrogen) atoms. The Morgan fingerprint density at radius 3 is 1.94 bits per heavy atom. The van der Waals surface area contributed by atoms with Crippen LogP contribution in [0.1, 0.15) is 69.4 Å². The Balaban J connectivity index is 2.03. The molecule has 2 aromatic carbocycles. The van der Waals surface area contributed by atoms with E-state index < -0.39 is 6.03 Å². The van der Waals surface area contributed by atoms with E-state index in [9.17, 15) is 14.4 Å². The van der Waals surface area contributed by atoms with Crippen molar-refractivity contribution >= 4 is 23.4 Å². The normalized spacial score (nSPS) is 11.1. The molecule has 0 aliphatic carbocycles. The summed E-state index contributed by atoms with van der Waals surface area (Å²) in [6.07, 6.45) is 5.10. The van der Waals surface area contributed by atoms with Gasteiger partial charge in [-0.25, -0.2) is 10.2 Å². The molecule has 0 radical (unpaired) electrons. The Labute approximate surface area is 202 Å². The van der Waals surface area contributed by atoms with Crippen LogP contribution in [-0.4, -0.2) is 28.3 Å². The number of hydrogen-bond donors (Lipinski definition) is 2. The second kappa shape index (κ2) is 15.4. The van der Waals surface area contributed by atoms with Gasteiger partial charge in [-0.1, -0.05) is 86.8 Å². The van der Waals surface area contributed by atoms with E-state index in [1.807, 2.05) is 60.7 Å². The largest absolute Gasteiger partial charge is 0.350 e. The quantitative estimate of drug-likeness (QED) is 0.221. The number of amides is 3. The Morgan fingerprint density at radius 1 is 0.824 bits per heavy atom. The van der Waals surface area contributed by atoms with Crippen LogP contribution < -0.4 is 11.2 Å². The predicted molar refractivity (Wildman–Crippen MR) is 135 cm³/mol. The van der Waals surface area contributed by atoms with Gasteiger partial charge in [-0.2, -0.15) is 5.10 Å². The number of nitrogens with zero attached hydrogens (tertiary/aromatic N) is 2. The minimum absolute atomic E-state index is 0.0464. The van der Waals surface area contributed by atoms with Crippen molar-refractivity contribution < 1.29 is 14.4 Å². The number of Topliss-reactive ketones (excluding diaryl/α,β-unsaturated/α-hetero) is 1. The molecular weight excluding hydrogens is 428 g/mol. The number of urea groups is 1. The lowest BCUT2D eigenvalue weighted by Gasteiger charge is -2.23. The van der Waals surface area contributed by atoms with Crippen molar-refractivity contribution in [1.29, 1.82) is 0 Å². The summed E-state index contributed by atoms with van der Waals surface area (Å²) in [5.74, 6) is 0.00822. The van der Waals surface area contributed by atoms with Crippen LogP contribution in [0.15, 0.2) is 65.8 Å². The molecule has 182 valence electrons. The number of hydrogen-bond acceptors (Lipinski definition) is 4. The molecule has 2 rings (SSSR count). The van der Waals surface area contributed by atoms with Crippen molar-refractivity contribution in [3.63, 3.8) is 0 Å². The molecule has 0 saturated carbocycles. The van der Waals surface area contributed by atoms with Crippen LogP contribution >= 0.6 is 0 Å². The second-order valence-corrected chi connectivity index (χ2v) is 8.40. The average Bonchev–Trinajstić information content (AvgIpc) is 2.84. The van der Waals surface area contributed by atoms with Gasteiger partial charge in [-0.15, -0.1) is 0 Å².